The van der Waals surface area contributed by atoms with Gasteiger partial charge in [0, 0.05) is 78.0 Å². The summed E-state index contributed by atoms with van der Waals surface area (Å²) in [5, 5.41) is 0. The summed E-state index contributed by atoms with van der Waals surface area (Å²) in [5.41, 5.74) is 3.77. The summed E-state index contributed by atoms with van der Waals surface area (Å²) in [6.45, 7) is 27.2. The minimum atomic E-state index is -4.79. The molecule has 274 valence electrons. The van der Waals surface area contributed by atoms with Crippen LogP contribution < -0.4 is 0 Å². The van der Waals surface area contributed by atoms with Crippen LogP contribution in [0, 0.1) is 0 Å². The molecule has 0 amide bonds. The van der Waals surface area contributed by atoms with Crippen molar-refractivity contribution in [3.63, 3.8) is 0 Å². The summed E-state index contributed by atoms with van der Waals surface area (Å²) in [6, 6.07) is 0. The maximum Gasteiger partial charge on any atom is 0.673 e. The SMILES string of the molecule is C=C[Si](C)(C)CO[Si](OC[Si](C)(C)C=C)(O[Si](OC)(OCCC)OCCC)O[Si@@](O)(OC)O[Si](OCCC)(OC[SiH2]C)OC[SiH2]C. The highest BCUT2D eigenvalue weighted by molar-refractivity contribution is 6.84. The Hall–Kier alpha value is 0.695. The van der Waals surface area contributed by atoms with Crippen LogP contribution in [-0.2, 0) is 52.2 Å². The second-order valence-corrected chi connectivity index (χ2v) is 33.4. The van der Waals surface area contributed by atoms with Crippen molar-refractivity contribution in [1.82, 2.24) is 0 Å². The lowest BCUT2D eigenvalue weighted by Gasteiger charge is -2.40. The first kappa shape index (κ1) is 46.7. The zero-order valence-corrected chi connectivity index (χ0v) is 39.2. The first-order valence-electron chi connectivity index (χ1n) is 16.3. The fourth-order valence-electron chi connectivity index (χ4n) is 3.03. The van der Waals surface area contributed by atoms with Crippen molar-refractivity contribution in [2.24, 2.45) is 0 Å². The van der Waals surface area contributed by atoms with Crippen molar-refractivity contribution in [3.05, 3.63) is 24.6 Å². The molecule has 0 bridgehead atoms. The highest BCUT2D eigenvalue weighted by atomic mass is 28.5. The Morgan fingerprint density at radius 1 is 0.565 bits per heavy atom. The lowest BCUT2D eigenvalue weighted by molar-refractivity contribution is -0.0669. The van der Waals surface area contributed by atoms with Crippen LogP contribution in [0.5, 0.6) is 0 Å². The predicted octanol–water partition coefficient (Wildman–Crippen LogP) is 2.70. The van der Waals surface area contributed by atoms with Crippen LogP contribution in [0.4, 0.5) is 0 Å². The fraction of sp³-hybridized carbons (Fsp3) is 0.840. The van der Waals surface area contributed by atoms with Crippen LogP contribution >= 0.6 is 0 Å². The Bertz CT molecular complexity index is 792. The summed E-state index contributed by atoms with van der Waals surface area (Å²) in [7, 11) is -20.1. The van der Waals surface area contributed by atoms with E-state index in [1.54, 1.807) is 0 Å². The minimum absolute atomic E-state index is 0.174. The van der Waals surface area contributed by atoms with Gasteiger partial charge < -0.3 is 57.0 Å². The second kappa shape index (κ2) is 23.2. The topological polar surface area (TPSA) is 131 Å². The molecule has 0 fully saturated rings. The standard InChI is InChI=1S/C25H64O13Si8/c1-14-19-29-44(28-7,30-20-15-2)38-46(34-24-41(10,11)17-4,35-25-42(12,13)18-5)37-43(26,27-6)36-45(31-21-16-3,32-22-39-8)33-23-40-9/h17-18,26H,4-5,14-16,19-25,39-40H2,1-3,6-13H3/t43-/m0/s1. The lowest BCUT2D eigenvalue weighted by atomic mass is 10.5. The zero-order chi connectivity index (χ0) is 35.4. The minimum Gasteiger partial charge on any atom is -0.368 e. The third-order valence-corrected chi connectivity index (χ3v) is 23.5. The molecular formula is C25H64O13Si8. The summed E-state index contributed by atoms with van der Waals surface area (Å²) in [6.07, 6.45) is 3.18. The quantitative estimate of drug-likeness (QED) is 0.103. The molecule has 0 aromatic carbocycles. The van der Waals surface area contributed by atoms with Gasteiger partial charge in [-0.3, -0.25) is 0 Å². The van der Waals surface area contributed by atoms with E-state index in [1.807, 2.05) is 32.2 Å². The van der Waals surface area contributed by atoms with E-state index < -0.39 is 71.4 Å². The van der Waals surface area contributed by atoms with E-state index in [0.717, 1.165) is 0 Å². The zero-order valence-electron chi connectivity index (χ0n) is 30.4. The molecule has 0 aromatic rings. The van der Waals surface area contributed by atoms with Crippen LogP contribution in [0.15, 0.2) is 24.6 Å². The molecule has 0 radical (unpaired) electrons. The predicted molar refractivity (Wildman–Crippen MR) is 199 cm³/mol. The maximum atomic E-state index is 12.1. The van der Waals surface area contributed by atoms with Gasteiger partial charge >= 0.3 is 36.2 Å². The number of hydrogen-bond donors (Lipinski definition) is 1. The van der Waals surface area contributed by atoms with Gasteiger partial charge in [0.25, 0.3) is 0 Å². The van der Waals surface area contributed by atoms with E-state index in [2.05, 4.69) is 52.4 Å². The molecule has 0 aliphatic heterocycles. The smallest absolute Gasteiger partial charge is 0.368 e. The van der Waals surface area contributed by atoms with Crippen LogP contribution in [0.1, 0.15) is 40.0 Å². The Morgan fingerprint density at radius 3 is 1.28 bits per heavy atom. The average molecular weight is 797 g/mol. The summed E-state index contributed by atoms with van der Waals surface area (Å²) in [5.74, 6) is 0. The van der Waals surface area contributed by atoms with Crippen molar-refractivity contribution >= 4 is 71.4 Å². The third kappa shape index (κ3) is 17.6. The van der Waals surface area contributed by atoms with E-state index in [0.29, 0.717) is 31.7 Å². The van der Waals surface area contributed by atoms with Crippen molar-refractivity contribution in [3.8, 4) is 0 Å². The van der Waals surface area contributed by atoms with Gasteiger partial charge in [0.05, 0.1) is 16.1 Å². The van der Waals surface area contributed by atoms with Gasteiger partial charge in [0.15, 0.2) is 0 Å². The Kier molecular flexibility index (Phi) is 23.6. The number of rotatable bonds is 31. The largest absolute Gasteiger partial charge is 0.673 e. The Labute approximate surface area is 290 Å². The van der Waals surface area contributed by atoms with E-state index in [9.17, 15) is 4.80 Å². The molecule has 1 N–H and O–H groups in total. The highest BCUT2D eigenvalue weighted by Crippen LogP contribution is 2.29. The molecule has 0 aliphatic rings. The van der Waals surface area contributed by atoms with Gasteiger partial charge in [-0.05, 0) is 19.3 Å². The molecule has 1 atom stereocenters. The van der Waals surface area contributed by atoms with Gasteiger partial charge in [-0.25, -0.2) is 0 Å². The Morgan fingerprint density at radius 2 is 0.957 bits per heavy atom. The van der Waals surface area contributed by atoms with Gasteiger partial charge in [-0.15, -0.1) is 13.2 Å². The summed E-state index contributed by atoms with van der Waals surface area (Å²) >= 11 is 0. The fourth-order valence-corrected chi connectivity index (χ4v) is 21.3. The second-order valence-electron chi connectivity index (χ2n) is 11.9. The molecule has 21 heteroatoms. The number of hydrogen-bond acceptors (Lipinski definition) is 13. The van der Waals surface area contributed by atoms with E-state index in [-0.39, 0.29) is 32.3 Å². The van der Waals surface area contributed by atoms with Gasteiger partial charge in [0.1, 0.15) is 0 Å². The first-order chi connectivity index (χ1) is 21.6. The highest BCUT2D eigenvalue weighted by Gasteiger charge is 2.68. The maximum absolute atomic E-state index is 12.1. The van der Waals surface area contributed by atoms with Gasteiger partial charge in [-0.2, -0.15) is 0 Å². The van der Waals surface area contributed by atoms with Crippen LogP contribution in [0.3, 0.4) is 0 Å². The first-order valence-corrected chi connectivity index (χ1v) is 34.2. The molecule has 0 aliphatic carbocycles. The molecule has 0 heterocycles. The molecule has 46 heavy (non-hydrogen) atoms. The van der Waals surface area contributed by atoms with Crippen LogP contribution in [-0.4, -0.2) is 135 Å². The van der Waals surface area contributed by atoms with Crippen molar-refractivity contribution < 1.29 is 57.0 Å². The molecule has 0 spiro atoms. The van der Waals surface area contributed by atoms with Crippen molar-refractivity contribution in [2.75, 3.05) is 59.0 Å². The Balaban J connectivity index is 7.32. The summed E-state index contributed by atoms with van der Waals surface area (Å²) < 4.78 is 74.9. The molecule has 0 saturated heterocycles. The van der Waals surface area contributed by atoms with E-state index in [1.165, 1.54) is 14.2 Å². The van der Waals surface area contributed by atoms with Crippen molar-refractivity contribution in [2.45, 2.75) is 79.3 Å². The lowest BCUT2D eigenvalue weighted by Crippen LogP contribution is -2.70. The molecule has 0 unspecified atom stereocenters. The van der Waals surface area contributed by atoms with E-state index >= 15 is 0 Å². The molecule has 13 nitrogen and oxygen atoms in total. The van der Waals surface area contributed by atoms with E-state index in [4.69, 9.17) is 52.2 Å². The van der Waals surface area contributed by atoms with Gasteiger partial charge in [-0.1, -0.05) is 71.5 Å². The molecule has 0 rings (SSSR count). The third-order valence-electron chi connectivity index (χ3n) is 6.03. The normalized spacial score (nSPS) is 16.3. The van der Waals surface area contributed by atoms with Crippen molar-refractivity contribution in [1.29, 1.82) is 0 Å². The molecular weight excluding hydrogens is 733 g/mol. The van der Waals surface area contributed by atoms with Crippen LogP contribution in [0.25, 0.3) is 0 Å². The molecule has 0 aromatic heterocycles. The monoisotopic (exact) mass is 796 g/mol. The molecule has 0 saturated carbocycles. The summed E-state index contributed by atoms with van der Waals surface area (Å²) in [4.78, 5) is 12.1. The van der Waals surface area contributed by atoms with Crippen LogP contribution in [0.2, 0.25) is 39.3 Å². The average Bonchev–Trinajstić information content (AvgIpc) is 3.05. The van der Waals surface area contributed by atoms with Gasteiger partial charge in [0.2, 0.25) is 0 Å².